The maximum absolute atomic E-state index is 13.0. The smallest absolute Gasteiger partial charge is 0.227 e. The van der Waals surface area contributed by atoms with Gasteiger partial charge < -0.3 is 28.6 Å². The van der Waals surface area contributed by atoms with Crippen molar-refractivity contribution < 1.29 is 28.5 Å². The molecule has 1 aliphatic heterocycles. The SMILES string of the molecule is COc1ccc(CCO[C@H]2CCCC[C@@H]2N2CCN(C(=O)Cc3ccc(OC)c(OC)c3)CC2)cc1OC.Cl. The van der Waals surface area contributed by atoms with Crippen LogP contribution in [0.15, 0.2) is 36.4 Å². The molecule has 1 amide bonds. The number of nitrogens with zero attached hydrogens (tertiary/aromatic N) is 2. The van der Waals surface area contributed by atoms with Gasteiger partial charge in [-0.15, -0.1) is 12.4 Å². The van der Waals surface area contributed by atoms with Gasteiger partial charge in [0.2, 0.25) is 5.91 Å². The van der Waals surface area contributed by atoms with Crippen molar-refractivity contribution >= 4 is 18.3 Å². The Morgan fingerprint density at radius 3 is 1.95 bits per heavy atom. The highest BCUT2D eigenvalue weighted by Crippen LogP contribution is 2.30. The van der Waals surface area contributed by atoms with Crippen LogP contribution in [0.5, 0.6) is 23.0 Å². The Kier molecular flexibility index (Phi) is 12.0. The predicted octanol–water partition coefficient (Wildman–Crippen LogP) is 4.40. The van der Waals surface area contributed by atoms with E-state index < -0.39 is 0 Å². The number of methoxy groups -OCH3 is 4. The third-order valence-corrected chi connectivity index (χ3v) is 7.78. The maximum atomic E-state index is 13.0. The van der Waals surface area contributed by atoms with E-state index >= 15 is 0 Å². The van der Waals surface area contributed by atoms with E-state index in [4.69, 9.17) is 23.7 Å². The van der Waals surface area contributed by atoms with Gasteiger partial charge in [-0.05, 0) is 54.7 Å². The van der Waals surface area contributed by atoms with E-state index in [1.807, 2.05) is 35.2 Å². The standard InChI is InChI=1S/C30H42N2O6.ClH/c1-34-26-11-9-22(19-28(26)36-3)13-18-38-25-8-6-5-7-24(25)31-14-16-32(17-15-31)30(33)21-23-10-12-27(35-2)29(20-23)37-4;/h9-12,19-20,24-25H,5-8,13-18,21H2,1-4H3;1H/t24-,25-;/m0./s1. The summed E-state index contributed by atoms with van der Waals surface area (Å²) in [5, 5.41) is 0. The zero-order chi connectivity index (χ0) is 26.9. The minimum atomic E-state index is 0. The molecule has 216 valence electrons. The molecule has 0 bridgehead atoms. The van der Waals surface area contributed by atoms with Crippen molar-refractivity contribution in [1.29, 1.82) is 0 Å². The number of amides is 1. The molecule has 0 spiro atoms. The van der Waals surface area contributed by atoms with Crippen molar-refractivity contribution in [2.45, 2.75) is 50.7 Å². The lowest BCUT2D eigenvalue weighted by Crippen LogP contribution is -2.56. The number of carbonyl (C=O) groups excluding carboxylic acids is 1. The number of benzene rings is 2. The van der Waals surface area contributed by atoms with Crippen molar-refractivity contribution in [2.24, 2.45) is 0 Å². The quantitative estimate of drug-likeness (QED) is 0.402. The van der Waals surface area contributed by atoms with Gasteiger partial charge in [-0.2, -0.15) is 0 Å². The molecule has 2 aliphatic rings. The molecule has 2 aromatic carbocycles. The largest absolute Gasteiger partial charge is 0.493 e. The minimum Gasteiger partial charge on any atom is -0.493 e. The Hall–Kier alpha value is -2.68. The lowest BCUT2D eigenvalue weighted by Gasteiger charge is -2.44. The maximum Gasteiger partial charge on any atom is 0.227 e. The number of hydrogen-bond acceptors (Lipinski definition) is 7. The molecule has 0 aromatic heterocycles. The molecule has 2 fully saturated rings. The number of rotatable bonds is 11. The molecule has 8 nitrogen and oxygen atoms in total. The molecular formula is C30H43ClN2O6. The molecule has 0 N–H and O–H groups in total. The monoisotopic (exact) mass is 562 g/mol. The average Bonchev–Trinajstić information content (AvgIpc) is 2.97. The highest BCUT2D eigenvalue weighted by atomic mass is 35.5. The van der Waals surface area contributed by atoms with Crippen molar-refractivity contribution in [3.63, 3.8) is 0 Å². The molecule has 0 radical (unpaired) electrons. The van der Waals surface area contributed by atoms with Crippen LogP contribution < -0.4 is 18.9 Å². The molecule has 1 aliphatic carbocycles. The van der Waals surface area contributed by atoms with Gasteiger partial charge in [-0.3, -0.25) is 9.69 Å². The summed E-state index contributed by atoms with van der Waals surface area (Å²) in [6.07, 6.45) is 6.13. The van der Waals surface area contributed by atoms with E-state index in [2.05, 4.69) is 11.0 Å². The number of hydrogen-bond donors (Lipinski definition) is 0. The first-order valence-corrected chi connectivity index (χ1v) is 13.6. The van der Waals surface area contributed by atoms with E-state index in [-0.39, 0.29) is 24.4 Å². The molecule has 1 heterocycles. The Morgan fingerprint density at radius 2 is 1.33 bits per heavy atom. The molecule has 4 rings (SSSR count). The van der Waals surface area contributed by atoms with E-state index in [1.54, 1.807) is 28.4 Å². The van der Waals surface area contributed by atoms with Crippen LogP contribution in [0.2, 0.25) is 0 Å². The normalized spacial score (nSPS) is 19.6. The second kappa shape index (κ2) is 15.2. The van der Waals surface area contributed by atoms with Gasteiger partial charge in [0.05, 0.1) is 47.6 Å². The Labute approximate surface area is 238 Å². The second-order valence-corrected chi connectivity index (χ2v) is 9.98. The van der Waals surface area contributed by atoms with Crippen LogP contribution in [0.3, 0.4) is 0 Å². The van der Waals surface area contributed by atoms with Gasteiger partial charge in [0.1, 0.15) is 0 Å². The molecule has 9 heteroatoms. The third kappa shape index (κ3) is 7.93. The van der Waals surface area contributed by atoms with Crippen LogP contribution in [-0.2, 0) is 22.4 Å². The molecule has 0 unspecified atom stereocenters. The van der Waals surface area contributed by atoms with Crippen LogP contribution in [0.1, 0.15) is 36.8 Å². The molecular weight excluding hydrogens is 520 g/mol. The van der Waals surface area contributed by atoms with Crippen LogP contribution in [0.4, 0.5) is 0 Å². The van der Waals surface area contributed by atoms with Gasteiger partial charge in [0.15, 0.2) is 23.0 Å². The first kappa shape index (κ1) is 30.9. The van der Waals surface area contributed by atoms with E-state index in [9.17, 15) is 4.79 Å². The number of carbonyl (C=O) groups is 1. The fourth-order valence-electron chi connectivity index (χ4n) is 5.63. The number of halogens is 1. The zero-order valence-electron chi connectivity index (χ0n) is 23.6. The van der Waals surface area contributed by atoms with Crippen molar-refractivity contribution in [2.75, 3.05) is 61.2 Å². The van der Waals surface area contributed by atoms with E-state index in [0.29, 0.717) is 30.6 Å². The van der Waals surface area contributed by atoms with Crippen LogP contribution in [-0.4, -0.2) is 89.1 Å². The lowest BCUT2D eigenvalue weighted by atomic mass is 9.90. The topological polar surface area (TPSA) is 69.7 Å². The Balaban J connectivity index is 0.00000420. The second-order valence-electron chi connectivity index (χ2n) is 9.98. The van der Waals surface area contributed by atoms with Gasteiger partial charge in [0.25, 0.3) is 0 Å². The summed E-state index contributed by atoms with van der Waals surface area (Å²) in [7, 11) is 6.54. The summed E-state index contributed by atoms with van der Waals surface area (Å²) in [6, 6.07) is 12.1. The van der Waals surface area contributed by atoms with E-state index in [1.165, 1.54) is 18.4 Å². The van der Waals surface area contributed by atoms with Gasteiger partial charge in [0, 0.05) is 32.2 Å². The van der Waals surface area contributed by atoms with Crippen molar-refractivity contribution in [3.05, 3.63) is 47.5 Å². The Morgan fingerprint density at radius 1 is 0.769 bits per heavy atom. The van der Waals surface area contributed by atoms with Gasteiger partial charge in [-0.25, -0.2) is 0 Å². The number of piperazine rings is 1. The summed E-state index contributed by atoms with van der Waals surface area (Å²) in [6.45, 7) is 3.96. The Bertz CT molecular complexity index is 1060. The van der Waals surface area contributed by atoms with Crippen molar-refractivity contribution in [1.82, 2.24) is 9.80 Å². The third-order valence-electron chi connectivity index (χ3n) is 7.78. The molecule has 1 saturated carbocycles. The fraction of sp³-hybridized carbons (Fsp3) is 0.567. The lowest BCUT2D eigenvalue weighted by molar-refractivity contribution is -0.133. The van der Waals surface area contributed by atoms with Gasteiger partial charge >= 0.3 is 0 Å². The molecule has 1 saturated heterocycles. The molecule has 2 atom stereocenters. The zero-order valence-corrected chi connectivity index (χ0v) is 24.5. The summed E-state index contributed by atoms with van der Waals surface area (Å²) in [5.74, 6) is 2.97. The van der Waals surface area contributed by atoms with Gasteiger partial charge in [-0.1, -0.05) is 25.0 Å². The average molecular weight is 563 g/mol. The first-order valence-electron chi connectivity index (χ1n) is 13.6. The summed E-state index contributed by atoms with van der Waals surface area (Å²) >= 11 is 0. The highest BCUT2D eigenvalue weighted by molar-refractivity contribution is 5.85. The summed E-state index contributed by atoms with van der Waals surface area (Å²) in [5.41, 5.74) is 2.11. The molecule has 2 aromatic rings. The van der Waals surface area contributed by atoms with Crippen LogP contribution >= 0.6 is 12.4 Å². The summed E-state index contributed by atoms with van der Waals surface area (Å²) < 4.78 is 27.9. The van der Waals surface area contributed by atoms with E-state index in [0.717, 1.165) is 62.5 Å². The number of ether oxygens (including phenoxy) is 5. The van der Waals surface area contributed by atoms with Crippen molar-refractivity contribution in [3.8, 4) is 23.0 Å². The fourth-order valence-corrected chi connectivity index (χ4v) is 5.63. The highest BCUT2D eigenvalue weighted by Gasteiger charge is 2.33. The van der Waals surface area contributed by atoms with Crippen LogP contribution in [0.25, 0.3) is 0 Å². The summed E-state index contributed by atoms with van der Waals surface area (Å²) in [4.78, 5) is 17.6. The minimum absolute atomic E-state index is 0. The molecule has 39 heavy (non-hydrogen) atoms. The predicted molar refractivity (Wildman–Crippen MR) is 154 cm³/mol. The first-order chi connectivity index (χ1) is 18.6. The van der Waals surface area contributed by atoms with Crippen LogP contribution in [0, 0.1) is 0 Å².